The molecule has 24 heavy (non-hydrogen) atoms. The fourth-order valence-electron chi connectivity index (χ4n) is 2.82. The van der Waals surface area contributed by atoms with Crippen LogP contribution in [0.3, 0.4) is 0 Å². The van der Waals surface area contributed by atoms with E-state index >= 15 is 0 Å². The summed E-state index contributed by atoms with van der Waals surface area (Å²) in [5.74, 6) is -1.50. The van der Waals surface area contributed by atoms with Crippen LogP contribution in [0.4, 0.5) is 4.39 Å². The molecule has 2 aromatic carbocycles. The van der Waals surface area contributed by atoms with Crippen molar-refractivity contribution in [2.75, 3.05) is 0 Å². The minimum atomic E-state index is -1.13. The zero-order valence-electron chi connectivity index (χ0n) is 12.2. The van der Waals surface area contributed by atoms with Crippen molar-refractivity contribution in [3.63, 3.8) is 0 Å². The van der Waals surface area contributed by atoms with E-state index in [4.69, 9.17) is 0 Å². The molecule has 0 fully saturated rings. The summed E-state index contributed by atoms with van der Waals surface area (Å²) in [5.41, 5.74) is 2.58. The smallest absolute Gasteiger partial charge is 0.354 e. The Labute approximate surface area is 144 Å². The van der Waals surface area contributed by atoms with Crippen LogP contribution in [0.25, 0.3) is 33.1 Å². The highest BCUT2D eigenvalue weighted by molar-refractivity contribution is 9.10. The lowest BCUT2D eigenvalue weighted by molar-refractivity contribution is 0.0691. The van der Waals surface area contributed by atoms with E-state index in [9.17, 15) is 14.3 Å². The third-order valence-electron chi connectivity index (χ3n) is 3.90. The molecule has 0 radical (unpaired) electrons. The zero-order chi connectivity index (χ0) is 16.8. The average molecular weight is 385 g/mol. The van der Waals surface area contributed by atoms with E-state index < -0.39 is 5.97 Å². The summed E-state index contributed by atoms with van der Waals surface area (Å²) < 4.78 is 14.4. The first-order valence-corrected chi connectivity index (χ1v) is 7.94. The summed E-state index contributed by atoms with van der Waals surface area (Å²) in [5, 5.41) is 10.6. The molecule has 0 aliphatic carbocycles. The Morgan fingerprint density at radius 1 is 1.12 bits per heavy atom. The van der Waals surface area contributed by atoms with Gasteiger partial charge in [0.05, 0.1) is 11.2 Å². The van der Waals surface area contributed by atoms with Crippen molar-refractivity contribution in [2.45, 2.75) is 0 Å². The number of aromatic nitrogens is 2. The van der Waals surface area contributed by atoms with E-state index in [0.717, 1.165) is 15.6 Å². The number of aromatic carboxylic acids is 1. The highest BCUT2D eigenvalue weighted by Gasteiger charge is 2.18. The Bertz CT molecular complexity index is 1120. The van der Waals surface area contributed by atoms with E-state index in [-0.39, 0.29) is 11.5 Å². The molecule has 4 aromatic rings. The molecular formula is C18H10BrFN2O2. The monoisotopic (exact) mass is 384 g/mol. The molecule has 118 valence electrons. The number of pyridine rings is 1. The van der Waals surface area contributed by atoms with E-state index in [2.05, 4.69) is 25.9 Å². The zero-order valence-corrected chi connectivity index (χ0v) is 13.8. The summed E-state index contributed by atoms with van der Waals surface area (Å²) in [7, 11) is 0. The summed E-state index contributed by atoms with van der Waals surface area (Å²) >= 11 is 3.47. The van der Waals surface area contributed by atoms with Crippen LogP contribution in [0.5, 0.6) is 0 Å². The molecule has 0 bridgehead atoms. The third-order valence-corrected chi connectivity index (χ3v) is 4.59. The van der Waals surface area contributed by atoms with Gasteiger partial charge in [0.1, 0.15) is 11.5 Å². The van der Waals surface area contributed by atoms with E-state index in [1.54, 1.807) is 6.07 Å². The molecule has 0 aliphatic rings. The maximum absolute atomic E-state index is 13.6. The van der Waals surface area contributed by atoms with Crippen molar-refractivity contribution in [3.8, 4) is 11.3 Å². The number of aromatic amines is 1. The van der Waals surface area contributed by atoms with Crippen LogP contribution in [0.15, 0.2) is 53.0 Å². The Balaban J connectivity index is 2.17. The van der Waals surface area contributed by atoms with Gasteiger partial charge < -0.3 is 10.1 Å². The number of nitrogens with zero attached hydrogens (tertiary/aromatic N) is 1. The molecule has 0 unspecified atom stereocenters. The van der Waals surface area contributed by atoms with Crippen molar-refractivity contribution in [3.05, 3.63) is 64.5 Å². The van der Waals surface area contributed by atoms with Crippen LogP contribution < -0.4 is 0 Å². The summed E-state index contributed by atoms with van der Waals surface area (Å²) in [6.07, 6.45) is 0. The number of hydrogen-bond acceptors (Lipinski definition) is 2. The van der Waals surface area contributed by atoms with Crippen LogP contribution in [0, 0.1) is 5.82 Å². The number of nitrogens with one attached hydrogen (secondary N) is 1. The molecule has 2 aromatic heterocycles. The minimum Gasteiger partial charge on any atom is -0.477 e. The summed E-state index contributed by atoms with van der Waals surface area (Å²) in [6.45, 7) is 0. The first-order chi connectivity index (χ1) is 11.5. The largest absolute Gasteiger partial charge is 0.477 e. The van der Waals surface area contributed by atoms with Gasteiger partial charge in [0, 0.05) is 26.3 Å². The second-order valence-electron chi connectivity index (χ2n) is 5.38. The van der Waals surface area contributed by atoms with Gasteiger partial charge in [-0.25, -0.2) is 14.2 Å². The summed E-state index contributed by atoms with van der Waals surface area (Å²) in [6, 6.07) is 13.3. The van der Waals surface area contributed by atoms with Gasteiger partial charge in [-0.3, -0.25) is 0 Å². The van der Waals surface area contributed by atoms with Gasteiger partial charge in [-0.1, -0.05) is 34.1 Å². The molecule has 4 rings (SSSR count). The molecule has 0 atom stereocenters. The highest BCUT2D eigenvalue weighted by Crippen LogP contribution is 2.35. The van der Waals surface area contributed by atoms with Gasteiger partial charge in [0.2, 0.25) is 0 Å². The quantitative estimate of drug-likeness (QED) is 0.511. The minimum absolute atomic E-state index is 0.0848. The Hall–Kier alpha value is -2.73. The fraction of sp³-hybridized carbons (Fsp3) is 0. The number of halogens is 2. The SMILES string of the molecule is O=C(O)c1cc2c([nH]c3ccc(F)cc32)c(-c2ccccc2Br)n1. The normalized spacial score (nSPS) is 11.2. The Morgan fingerprint density at radius 2 is 1.92 bits per heavy atom. The molecule has 0 aliphatic heterocycles. The number of rotatable bonds is 2. The van der Waals surface area contributed by atoms with Crippen LogP contribution in [-0.4, -0.2) is 21.0 Å². The van der Waals surface area contributed by atoms with E-state index in [0.29, 0.717) is 22.0 Å². The van der Waals surface area contributed by atoms with E-state index in [1.165, 1.54) is 18.2 Å². The molecule has 4 nitrogen and oxygen atoms in total. The van der Waals surface area contributed by atoms with Gasteiger partial charge in [0.25, 0.3) is 0 Å². The van der Waals surface area contributed by atoms with Crippen LogP contribution in [-0.2, 0) is 0 Å². The topological polar surface area (TPSA) is 66.0 Å². The molecule has 2 heterocycles. The predicted octanol–water partition coefficient (Wildman–Crippen LogP) is 4.98. The fourth-order valence-corrected chi connectivity index (χ4v) is 3.30. The first-order valence-electron chi connectivity index (χ1n) is 7.15. The standard InChI is InChI=1S/C18H10BrFN2O2/c19-13-4-2-1-3-10(13)16-17-12(8-15(22-16)18(23)24)11-7-9(20)5-6-14(11)21-17/h1-8,21H,(H,23,24). The average Bonchev–Trinajstić information content (AvgIpc) is 2.92. The summed E-state index contributed by atoms with van der Waals surface area (Å²) in [4.78, 5) is 19.0. The second-order valence-corrected chi connectivity index (χ2v) is 6.23. The van der Waals surface area contributed by atoms with Crippen molar-refractivity contribution >= 4 is 43.7 Å². The first kappa shape index (κ1) is 14.8. The maximum atomic E-state index is 13.6. The van der Waals surface area contributed by atoms with E-state index in [1.807, 2.05) is 24.3 Å². The molecule has 2 N–H and O–H groups in total. The maximum Gasteiger partial charge on any atom is 0.354 e. The van der Waals surface area contributed by atoms with Crippen LogP contribution in [0.1, 0.15) is 10.5 Å². The van der Waals surface area contributed by atoms with Crippen molar-refractivity contribution < 1.29 is 14.3 Å². The van der Waals surface area contributed by atoms with Gasteiger partial charge in [-0.05, 0) is 30.3 Å². The number of H-pyrrole nitrogens is 1. The van der Waals surface area contributed by atoms with Crippen molar-refractivity contribution in [1.82, 2.24) is 9.97 Å². The number of benzene rings is 2. The lowest BCUT2D eigenvalue weighted by Gasteiger charge is -2.07. The molecule has 6 heteroatoms. The van der Waals surface area contributed by atoms with Gasteiger partial charge in [0.15, 0.2) is 0 Å². The number of carboxylic acids is 1. The van der Waals surface area contributed by atoms with Gasteiger partial charge in [-0.2, -0.15) is 0 Å². The molecular weight excluding hydrogens is 375 g/mol. The Kier molecular flexibility index (Phi) is 3.35. The highest BCUT2D eigenvalue weighted by atomic mass is 79.9. The number of fused-ring (bicyclic) bond motifs is 3. The molecule has 0 amide bonds. The number of carboxylic acid groups (broad SMARTS) is 1. The van der Waals surface area contributed by atoms with Gasteiger partial charge in [-0.15, -0.1) is 0 Å². The number of carbonyl (C=O) groups is 1. The van der Waals surface area contributed by atoms with Crippen molar-refractivity contribution in [2.24, 2.45) is 0 Å². The van der Waals surface area contributed by atoms with Crippen molar-refractivity contribution in [1.29, 1.82) is 0 Å². The molecule has 0 saturated heterocycles. The Morgan fingerprint density at radius 3 is 2.67 bits per heavy atom. The lowest BCUT2D eigenvalue weighted by atomic mass is 10.1. The lowest BCUT2D eigenvalue weighted by Crippen LogP contribution is -2.02. The van der Waals surface area contributed by atoms with Crippen LogP contribution >= 0.6 is 15.9 Å². The third kappa shape index (κ3) is 2.27. The molecule has 0 saturated carbocycles. The van der Waals surface area contributed by atoms with Gasteiger partial charge >= 0.3 is 5.97 Å². The number of hydrogen-bond donors (Lipinski definition) is 2. The van der Waals surface area contributed by atoms with Crippen LogP contribution in [0.2, 0.25) is 0 Å². The predicted molar refractivity (Wildman–Crippen MR) is 93.7 cm³/mol. The molecule has 0 spiro atoms. The second kappa shape index (κ2) is 5.42.